The van der Waals surface area contributed by atoms with E-state index in [1.54, 1.807) is 11.8 Å². The number of anilines is 3. The summed E-state index contributed by atoms with van der Waals surface area (Å²) in [6.07, 6.45) is 1.93. The summed E-state index contributed by atoms with van der Waals surface area (Å²) in [6, 6.07) is 48.9. The molecule has 0 aliphatic carbocycles. The third-order valence-corrected chi connectivity index (χ3v) is 10.4. The van der Waals surface area contributed by atoms with Crippen molar-refractivity contribution in [2.24, 2.45) is 0 Å². The van der Waals surface area contributed by atoms with E-state index in [0.29, 0.717) is 0 Å². The first-order chi connectivity index (χ1) is 24.0. The zero-order valence-corrected chi connectivity index (χ0v) is 32.9. The summed E-state index contributed by atoms with van der Waals surface area (Å²) in [4.78, 5) is 11.6. The fourth-order valence-corrected chi connectivity index (χ4v) is 7.58. The van der Waals surface area contributed by atoms with Crippen LogP contribution in [0.15, 0.2) is 131 Å². The Kier molecular flexibility index (Phi) is 9.41. The van der Waals surface area contributed by atoms with E-state index in [2.05, 4.69) is 190 Å². The number of pyridine rings is 1. The predicted molar refractivity (Wildman–Crippen MR) is 210 cm³/mol. The van der Waals surface area contributed by atoms with Gasteiger partial charge in [0.15, 0.2) is 0 Å². The van der Waals surface area contributed by atoms with E-state index in [1.165, 1.54) is 33.2 Å². The molecule has 5 aromatic carbocycles. The maximum atomic E-state index is 4.87. The van der Waals surface area contributed by atoms with Crippen molar-refractivity contribution in [1.29, 1.82) is 0 Å². The van der Waals surface area contributed by atoms with E-state index in [4.69, 9.17) is 4.98 Å². The molecule has 0 unspecified atom stereocenters. The van der Waals surface area contributed by atoms with Crippen LogP contribution in [0.2, 0.25) is 0 Å². The molecule has 1 aliphatic rings. The summed E-state index contributed by atoms with van der Waals surface area (Å²) in [5, 5.41) is 2.37. The van der Waals surface area contributed by atoms with Gasteiger partial charge in [0.1, 0.15) is 5.82 Å². The second kappa shape index (κ2) is 13.7. The van der Waals surface area contributed by atoms with Crippen LogP contribution in [-0.4, -0.2) is 9.55 Å². The summed E-state index contributed by atoms with van der Waals surface area (Å²) in [5.74, 6) is 0.911. The molecule has 2 aromatic heterocycles. The van der Waals surface area contributed by atoms with E-state index in [0.717, 1.165) is 44.6 Å². The molecular formula is C45H41N4PtS-3. The summed E-state index contributed by atoms with van der Waals surface area (Å²) < 4.78 is 2.27. The van der Waals surface area contributed by atoms with Crippen LogP contribution < -0.4 is 9.80 Å². The molecule has 0 radical (unpaired) electrons. The Hall–Kier alpha value is -4.31. The molecule has 0 N–H and O–H groups in total. The van der Waals surface area contributed by atoms with Crippen LogP contribution in [0.25, 0.3) is 27.6 Å². The van der Waals surface area contributed by atoms with E-state index in [9.17, 15) is 0 Å². The Labute approximate surface area is 320 Å². The third kappa shape index (κ3) is 6.87. The van der Waals surface area contributed by atoms with Gasteiger partial charge in [0.05, 0.1) is 0 Å². The van der Waals surface area contributed by atoms with Gasteiger partial charge in [0.25, 0.3) is 0 Å². The predicted octanol–water partition coefficient (Wildman–Crippen LogP) is 11.8. The van der Waals surface area contributed by atoms with Gasteiger partial charge in [-0.1, -0.05) is 108 Å². The van der Waals surface area contributed by atoms with Crippen molar-refractivity contribution in [1.82, 2.24) is 9.55 Å². The van der Waals surface area contributed by atoms with Crippen LogP contribution in [0.4, 0.5) is 17.1 Å². The second-order valence-corrected chi connectivity index (χ2v) is 16.2. The molecule has 0 fully saturated rings. The zero-order valence-electron chi connectivity index (χ0n) is 29.8. The van der Waals surface area contributed by atoms with Gasteiger partial charge >= 0.3 is 0 Å². The van der Waals surface area contributed by atoms with Gasteiger partial charge in [0, 0.05) is 50.7 Å². The number of fused-ring (bicyclic) bond motifs is 4. The third-order valence-electron chi connectivity index (χ3n) is 9.47. The monoisotopic (exact) mass is 864 g/mol. The number of hydrogen-bond donors (Lipinski definition) is 0. The Morgan fingerprint density at radius 2 is 1.37 bits per heavy atom. The van der Waals surface area contributed by atoms with Gasteiger partial charge in [-0.15, -0.1) is 56.4 Å². The van der Waals surface area contributed by atoms with Crippen molar-refractivity contribution in [3.8, 4) is 5.82 Å². The molecule has 8 rings (SSSR count). The standard InChI is InChI=1S/C45H41N4S.Pt/c1-44(2,3)32-22-23-46-43(26-32)49-39-17-11-10-16-37(39)38-21-20-35(28-42(38)49)50-36-25-33(45(4,5)6)24-34(27-36)48-30-47(29-31-14-8-7-9-15-31)40-18-12-13-19-41(40)48;/h7-26,30H,29H2,1-6H3;/q-3;. The topological polar surface area (TPSA) is 24.3 Å². The molecule has 3 heterocycles. The molecule has 0 saturated carbocycles. The van der Waals surface area contributed by atoms with Crippen molar-refractivity contribution in [3.05, 3.63) is 157 Å². The summed E-state index contributed by atoms with van der Waals surface area (Å²) in [6.45, 7) is 16.6. The summed E-state index contributed by atoms with van der Waals surface area (Å²) >= 11 is 1.71. The Morgan fingerprint density at radius 1 is 0.667 bits per heavy atom. The van der Waals surface area contributed by atoms with Crippen LogP contribution in [0.1, 0.15) is 58.2 Å². The van der Waals surface area contributed by atoms with Crippen molar-refractivity contribution >= 4 is 50.6 Å². The number of hydrogen-bond acceptors (Lipinski definition) is 4. The molecule has 0 spiro atoms. The molecule has 6 heteroatoms. The molecule has 0 bridgehead atoms. The van der Waals surface area contributed by atoms with Crippen molar-refractivity contribution in [2.45, 2.75) is 68.7 Å². The number of para-hydroxylation sites is 3. The van der Waals surface area contributed by atoms with Crippen molar-refractivity contribution < 1.29 is 21.1 Å². The largest absolute Gasteiger partial charge is 0.498 e. The van der Waals surface area contributed by atoms with Crippen LogP contribution in [-0.2, 0) is 38.4 Å². The summed E-state index contributed by atoms with van der Waals surface area (Å²) in [7, 11) is 0. The first kappa shape index (κ1) is 35.1. The van der Waals surface area contributed by atoms with Gasteiger partial charge in [0.2, 0.25) is 0 Å². The molecular weight excluding hydrogens is 824 g/mol. The van der Waals surface area contributed by atoms with E-state index < -0.39 is 0 Å². The fourth-order valence-electron chi connectivity index (χ4n) is 6.72. The average molecular weight is 865 g/mol. The van der Waals surface area contributed by atoms with Crippen molar-refractivity contribution in [2.75, 3.05) is 9.80 Å². The molecule has 1 aliphatic heterocycles. The van der Waals surface area contributed by atoms with Crippen LogP contribution in [0.3, 0.4) is 0 Å². The molecule has 0 saturated heterocycles. The average Bonchev–Trinajstić information content (AvgIpc) is 3.63. The Bertz CT molecular complexity index is 2350. The molecule has 7 aromatic rings. The fraction of sp³-hybridized carbons (Fsp3) is 0.200. The molecule has 4 nitrogen and oxygen atoms in total. The van der Waals surface area contributed by atoms with E-state index in [1.807, 2.05) is 6.20 Å². The van der Waals surface area contributed by atoms with Crippen LogP contribution in [0.5, 0.6) is 0 Å². The number of nitrogens with zero attached hydrogens (tertiary/aromatic N) is 4. The summed E-state index contributed by atoms with van der Waals surface area (Å²) in [5.41, 5.74) is 9.29. The minimum atomic E-state index is -0.0496. The maximum absolute atomic E-state index is 4.87. The Balaban J connectivity index is 0.00000406. The normalized spacial score (nSPS) is 13.1. The zero-order chi connectivity index (χ0) is 34.6. The number of aromatic nitrogens is 2. The SMILES string of the molecule is CC(C)(C)c1cc(Sc2[c-]c3c(cc2)c2ccccc2n3-c2cc(C(C)(C)C)ccn2)[c-]c(N2[CH-]N(Cc3ccccc3)c3ccccc32)c1.[Pt]. The van der Waals surface area contributed by atoms with Gasteiger partial charge in [-0.2, -0.15) is 24.9 Å². The number of rotatable bonds is 6. The second-order valence-electron chi connectivity index (χ2n) is 15.1. The van der Waals surface area contributed by atoms with E-state index >= 15 is 0 Å². The molecule has 260 valence electrons. The van der Waals surface area contributed by atoms with Gasteiger partial charge in [-0.05, 0) is 57.7 Å². The first-order valence-electron chi connectivity index (χ1n) is 17.2. The number of benzene rings is 5. The molecule has 0 atom stereocenters. The van der Waals surface area contributed by atoms with Crippen LogP contribution >= 0.6 is 11.8 Å². The van der Waals surface area contributed by atoms with Crippen molar-refractivity contribution in [3.63, 3.8) is 0 Å². The maximum Gasteiger partial charge on any atom is 0.135 e. The van der Waals surface area contributed by atoms with Crippen LogP contribution in [0, 0.1) is 18.8 Å². The first-order valence-corrected chi connectivity index (χ1v) is 18.1. The smallest absolute Gasteiger partial charge is 0.135 e. The Morgan fingerprint density at radius 3 is 2.14 bits per heavy atom. The minimum Gasteiger partial charge on any atom is -0.498 e. The van der Waals surface area contributed by atoms with E-state index in [-0.39, 0.29) is 31.9 Å². The quantitative estimate of drug-likeness (QED) is 0.155. The van der Waals surface area contributed by atoms with Gasteiger partial charge in [-0.3, -0.25) is 0 Å². The molecule has 51 heavy (non-hydrogen) atoms. The molecule has 0 amide bonds. The van der Waals surface area contributed by atoms with Gasteiger partial charge in [-0.25, -0.2) is 4.98 Å². The minimum absolute atomic E-state index is 0. The van der Waals surface area contributed by atoms with Gasteiger partial charge < -0.3 is 14.4 Å².